The number of hydrogen-bond donors (Lipinski definition) is 3. The van der Waals surface area contributed by atoms with Crippen LogP contribution >= 0.6 is 23.2 Å². The summed E-state index contributed by atoms with van der Waals surface area (Å²) in [5.74, 6) is -6.45. The van der Waals surface area contributed by atoms with E-state index < -0.39 is 41.9 Å². The van der Waals surface area contributed by atoms with Crippen LogP contribution in [0.3, 0.4) is 0 Å². The van der Waals surface area contributed by atoms with Crippen molar-refractivity contribution in [2.24, 2.45) is 0 Å². The second-order valence-electron chi connectivity index (χ2n) is 6.92. The van der Waals surface area contributed by atoms with Gasteiger partial charge < -0.3 is 19.0 Å². The van der Waals surface area contributed by atoms with E-state index in [1.807, 2.05) is 10.9 Å². The molecule has 3 aromatic rings. The molecule has 2 aromatic carbocycles. The van der Waals surface area contributed by atoms with Gasteiger partial charge in [-0.1, -0.05) is 23.2 Å². The largest absolute Gasteiger partial charge is 0.478 e. The van der Waals surface area contributed by atoms with E-state index >= 15 is 0 Å². The first kappa shape index (κ1) is 26.3. The number of rotatable bonds is 8. The number of ether oxygens (including phenoxy) is 2. The zero-order chi connectivity index (χ0) is 26.2. The molecule has 0 saturated heterocycles. The first-order chi connectivity index (χ1) is 17.2. The molecule has 0 aliphatic carbocycles. The molecule has 0 unspecified atom stereocenters. The van der Waals surface area contributed by atoms with Crippen LogP contribution in [0.4, 0.5) is 0 Å². The fraction of sp³-hybridized carbons (Fsp3) is 0.0870. The normalized spacial score (nSPS) is 12.1. The van der Waals surface area contributed by atoms with E-state index in [9.17, 15) is 29.1 Å². The maximum Gasteiger partial charge on any atom is 0.349 e. The van der Waals surface area contributed by atoms with Crippen molar-refractivity contribution in [1.82, 2.24) is 10.9 Å². The topological polar surface area (TPSA) is 161 Å². The lowest BCUT2D eigenvalue weighted by atomic mass is 10.1. The fourth-order valence-electron chi connectivity index (χ4n) is 2.69. The van der Waals surface area contributed by atoms with Gasteiger partial charge in [-0.2, -0.15) is 0 Å². The molecule has 0 bridgehead atoms. The standard InChI is InChI=1S/C23H16Cl2N2O9/c24-14-7-3-12(4-8-14)22(32)35-17(20(29)27-26-19(28)16-2-1-11-34-16)18(21(30)31)36-23(33)13-5-9-15(25)10-6-13/h1-11,17-18H,(H,26,28)(H,27,29)(H,30,31)/t17-,18+/m1/s1. The molecule has 0 saturated carbocycles. The molecule has 2 amide bonds. The van der Waals surface area contributed by atoms with Crippen molar-refractivity contribution in [2.45, 2.75) is 12.2 Å². The number of benzene rings is 2. The van der Waals surface area contributed by atoms with Gasteiger partial charge in [0, 0.05) is 10.0 Å². The minimum atomic E-state index is -2.30. The highest BCUT2D eigenvalue weighted by molar-refractivity contribution is 6.31. The molecular formula is C23H16Cl2N2O9. The van der Waals surface area contributed by atoms with Crippen molar-refractivity contribution in [3.05, 3.63) is 93.9 Å². The zero-order valence-electron chi connectivity index (χ0n) is 18.0. The smallest absolute Gasteiger partial charge is 0.349 e. The number of hydrazine groups is 1. The van der Waals surface area contributed by atoms with E-state index in [-0.39, 0.29) is 16.9 Å². The van der Waals surface area contributed by atoms with Gasteiger partial charge in [0.2, 0.25) is 12.2 Å². The Kier molecular flexibility index (Phi) is 8.66. The Bertz CT molecular complexity index is 1260. The van der Waals surface area contributed by atoms with Crippen LogP contribution in [-0.4, -0.2) is 47.0 Å². The summed E-state index contributed by atoms with van der Waals surface area (Å²) in [5.41, 5.74) is 3.74. The Morgan fingerprint density at radius 1 is 0.750 bits per heavy atom. The van der Waals surface area contributed by atoms with E-state index in [4.69, 9.17) is 37.1 Å². The highest BCUT2D eigenvalue weighted by Crippen LogP contribution is 2.16. The lowest BCUT2D eigenvalue weighted by molar-refractivity contribution is -0.159. The number of furan rings is 1. The zero-order valence-corrected chi connectivity index (χ0v) is 19.5. The number of halogens is 2. The van der Waals surface area contributed by atoms with Crippen molar-refractivity contribution >= 4 is 52.9 Å². The summed E-state index contributed by atoms with van der Waals surface area (Å²) in [6.07, 6.45) is -3.31. The predicted octanol–water partition coefficient (Wildman–Crippen LogP) is 2.88. The van der Waals surface area contributed by atoms with E-state index in [1.54, 1.807) is 0 Å². The number of carbonyl (C=O) groups excluding carboxylic acids is 4. The third-order valence-corrected chi connectivity index (χ3v) is 4.95. The number of carboxylic acid groups (broad SMARTS) is 1. The molecule has 1 aromatic heterocycles. The molecule has 36 heavy (non-hydrogen) atoms. The van der Waals surface area contributed by atoms with Crippen molar-refractivity contribution in [3.63, 3.8) is 0 Å². The Labute approximate surface area is 212 Å². The number of nitrogens with one attached hydrogen (secondary N) is 2. The summed E-state index contributed by atoms with van der Waals surface area (Å²) in [7, 11) is 0. The predicted molar refractivity (Wildman–Crippen MR) is 123 cm³/mol. The molecule has 0 fully saturated rings. The van der Waals surface area contributed by atoms with Crippen LogP contribution in [0.25, 0.3) is 0 Å². The van der Waals surface area contributed by atoms with Crippen LogP contribution in [0.2, 0.25) is 10.0 Å². The Hall–Kier alpha value is -4.35. The molecule has 13 heteroatoms. The molecule has 1 heterocycles. The minimum Gasteiger partial charge on any atom is -0.478 e. The van der Waals surface area contributed by atoms with E-state index in [0.29, 0.717) is 10.0 Å². The van der Waals surface area contributed by atoms with Crippen molar-refractivity contribution < 1.29 is 43.0 Å². The molecule has 0 aliphatic rings. The summed E-state index contributed by atoms with van der Waals surface area (Å²) in [4.78, 5) is 62.0. The number of aliphatic carboxylic acids is 1. The van der Waals surface area contributed by atoms with Gasteiger partial charge in [-0.25, -0.2) is 14.4 Å². The summed E-state index contributed by atoms with van der Waals surface area (Å²) in [6, 6.07) is 13.3. The number of hydrogen-bond acceptors (Lipinski definition) is 8. The summed E-state index contributed by atoms with van der Waals surface area (Å²) < 4.78 is 15.0. The molecule has 0 radical (unpaired) electrons. The average molecular weight is 535 g/mol. The molecule has 11 nitrogen and oxygen atoms in total. The van der Waals surface area contributed by atoms with Crippen LogP contribution in [0.1, 0.15) is 31.3 Å². The monoisotopic (exact) mass is 534 g/mol. The number of carbonyl (C=O) groups is 5. The second-order valence-corrected chi connectivity index (χ2v) is 7.80. The van der Waals surface area contributed by atoms with Gasteiger partial charge in [-0.3, -0.25) is 20.4 Å². The Balaban J connectivity index is 1.83. The lowest BCUT2D eigenvalue weighted by Crippen LogP contribution is -2.54. The van der Waals surface area contributed by atoms with Crippen LogP contribution in [0.5, 0.6) is 0 Å². The van der Waals surface area contributed by atoms with Crippen molar-refractivity contribution in [3.8, 4) is 0 Å². The summed E-state index contributed by atoms with van der Waals surface area (Å²) in [5, 5.41) is 10.3. The van der Waals surface area contributed by atoms with Crippen molar-refractivity contribution in [1.29, 1.82) is 0 Å². The second kappa shape index (κ2) is 11.9. The third kappa shape index (κ3) is 6.84. The molecular weight excluding hydrogens is 519 g/mol. The summed E-state index contributed by atoms with van der Waals surface area (Å²) in [6.45, 7) is 0. The van der Waals surface area contributed by atoms with E-state index in [1.165, 1.54) is 66.9 Å². The molecule has 3 N–H and O–H groups in total. The van der Waals surface area contributed by atoms with Gasteiger partial charge in [0.1, 0.15) is 0 Å². The van der Waals surface area contributed by atoms with Crippen LogP contribution in [-0.2, 0) is 19.1 Å². The SMILES string of the molecule is O=C(O[C@H](C(=O)O)[C@@H](OC(=O)c1ccc(Cl)cc1)C(=O)NNC(=O)c1ccco1)c1ccc(Cl)cc1. The average Bonchev–Trinajstić information content (AvgIpc) is 3.40. The molecule has 0 aliphatic heterocycles. The first-order valence-electron chi connectivity index (χ1n) is 9.95. The van der Waals surface area contributed by atoms with E-state index in [0.717, 1.165) is 0 Å². The Morgan fingerprint density at radius 2 is 1.25 bits per heavy atom. The van der Waals surface area contributed by atoms with Crippen LogP contribution in [0.15, 0.2) is 71.3 Å². The molecule has 186 valence electrons. The minimum absolute atomic E-state index is 0.0787. The van der Waals surface area contributed by atoms with Gasteiger partial charge in [0.05, 0.1) is 17.4 Å². The van der Waals surface area contributed by atoms with Crippen LogP contribution < -0.4 is 10.9 Å². The van der Waals surface area contributed by atoms with Crippen molar-refractivity contribution in [2.75, 3.05) is 0 Å². The van der Waals surface area contributed by atoms with Gasteiger partial charge in [-0.15, -0.1) is 0 Å². The van der Waals surface area contributed by atoms with Gasteiger partial charge >= 0.3 is 23.8 Å². The van der Waals surface area contributed by atoms with Crippen LogP contribution in [0, 0.1) is 0 Å². The maximum atomic E-state index is 12.8. The molecule has 2 atom stereocenters. The summed E-state index contributed by atoms with van der Waals surface area (Å²) >= 11 is 11.6. The molecule has 0 spiro atoms. The van der Waals surface area contributed by atoms with Gasteiger partial charge in [-0.05, 0) is 60.7 Å². The fourth-order valence-corrected chi connectivity index (χ4v) is 2.94. The number of carboxylic acids is 1. The quantitative estimate of drug-likeness (QED) is 0.291. The molecule has 3 rings (SSSR count). The third-order valence-electron chi connectivity index (χ3n) is 4.45. The van der Waals surface area contributed by atoms with Gasteiger partial charge in [0.15, 0.2) is 5.76 Å². The Morgan fingerprint density at radius 3 is 1.69 bits per heavy atom. The number of amides is 2. The maximum absolute atomic E-state index is 12.8. The van der Waals surface area contributed by atoms with Gasteiger partial charge in [0.25, 0.3) is 5.91 Å². The first-order valence-corrected chi connectivity index (χ1v) is 10.7. The lowest BCUT2D eigenvalue weighted by Gasteiger charge is -2.23. The highest BCUT2D eigenvalue weighted by Gasteiger charge is 2.41. The van der Waals surface area contributed by atoms with E-state index in [2.05, 4.69) is 0 Å². The number of esters is 2. The highest BCUT2D eigenvalue weighted by atomic mass is 35.5.